The molecule has 0 aliphatic carbocycles. The first-order valence-corrected chi connectivity index (χ1v) is 6.87. The second-order valence-corrected chi connectivity index (χ2v) is 5.18. The maximum absolute atomic E-state index is 11.1. The molecule has 1 saturated heterocycles. The van der Waals surface area contributed by atoms with Crippen LogP contribution in [0.25, 0.3) is 0 Å². The van der Waals surface area contributed by atoms with E-state index in [-0.39, 0.29) is 30.4 Å². The van der Waals surface area contributed by atoms with Gasteiger partial charge in [0.15, 0.2) is 6.29 Å². The summed E-state index contributed by atoms with van der Waals surface area (Å²) in [6.45, 7) is 2.05. The summed E-state index contributed by atoms with van der Waals surface area (Å²) in [5.41, 5.74) is 1.00. The first-order valence-electron chi connectivity index (χ1n) is 6.87. The topological polar surface area (TPSA) is 44.8 Å². The van der Waals surface area contributed by atoms with E-state index in [9.17, 15) is 4.79 Å². The van der Waals surface area contributed by atoms with Crippen molar-refractivity contribution in [2.24, 2.45) is 0 Å². The molecule has 0 N–H and O–H groups in total. The number of benzene rings is 1. The molecular formula is C16H18O4. The smallest absolute Gasteiger partial charge is 0.184 e. The fourth-order valence-corrected chi connectivity index (χ4v) is 2.52. The minimum atomic E-state index is -0.352. The first-order chi connectivity index (χ1) is 9.72. The molecule has 4 atom stereocenters. The van der Waals surface area contributed by atoms with Gasteiger partial charge in [0.1, 0.15) is 18.0 Å². The van der Waals surface area contributed by atoms with Gasteiger partial charge in [-0.3, -0.25) is 4.79 Å². The van der Waals surface area contributed by atoms with Crippen LogP contribution in [0.15, 0.2) is 42.5 Å². The van der Waals surface area contributed by atoms with Crippen molar-refractivity contribution in [2.75, 3.05) is 6.61 Å². The third kappa shape index (κ3) is 2.98. The lowest BCUT2D eigenvalue weighted by molar-refractivity contribution is -0.262. The van der Waals surface area contributed by atoms with E-state index in [2.05, 4.69) is 0 Å². The fourth-order valence-electron chi connectivity index (χ4n) is 2.52. The third-order valence-corrected chi connectivity index (χ3v) is 3.48. The van der Waals surface area contributed by atoms with Gasteiger partial charge in [0.05, 0.1) is 12.7 Å². The van der Waals surface area contributed by atoms with Crippen LogP contribution in [0.5, 0.6) is 0 Å². The summed E-state index contributed by atoms with van der Waals surface area (Å²) in [4.78, 5) is 11.1. The van der Waals surface area contributed by atoms with Gasteiger partial charge >= 0.3 is 0 Å². The Bertz CT molecular complexity index is 496. The Hall–Kier alpha value is -1.49. The lowest BCUT2D eigenvalue weighted by Gasteiger charge is -2.39. The predicted molar refractivity (Wildman–Crippen MR) is 73.1 cm³/mol. The molecule has 3 rings (SSSR count). The van der Waals surface area contributed by atoms with Crippen molar-refractivity contribution in [2.45, 2.75) is 37.9 Å². The van der Waals surface area contributed by atoms with Crippen LogP contribution in [0.3, 0.4) is 0 Å². The lowest BCUT2D eigenvalue weighted by Crippen LogP contribution is -2.45. The van der Waals surface area contributed by atoms with E-state index in [0.717, 1.165) is 5.56 Å². The lowest BCUT2D eigenvalue weighted by atomic mass is 10.0. The Morgan fingerprint density at radius 3 is 2.75 bits per heavy atom. The van der Waals surface area contributed by atoms with Crippen LogP contribution in [0.4, 0.5) is 0 Å². The second kappa shape index (κ2) is 5.87. The van der Waals surface area contributed by atoms with Crippen molar-refractivity contribution in [1.29, 1.82) is 0 Å². The van der Waals surface area contributed by atoms with Crippen molar-refractivity contribution >= 4 is 5.78 Å². The van der Waals surface area contributed by atoms with Crippen LogP contribution in [0.1, 0.15) is 25.2 Å². The summed E-state index contributed by atoms with van der Waals surface area (Å²) >= 11 is 0. The molecule has 0 spiro atoms. The van der Waals surface area contributed by atoms with Crippen LogP contribution < -0.4 is 0 Å². The molecule has 1 aromatic rings. The van der Waals surface area contributed by atoms with Crippen molar-refractivity contribution < 1.29 is 19.0 Å². The van der Waals surface area contributed by atoms with E-state index in [1.807, 2.05) is 42.5 Å². The summed E-state index contributed by atoms with van der Waals surface area (Å²) in [5.74, 6) is 0.123. The van der Waals surface area contributed by atoms with Crippen molar-refractivity contribution in [3.8, 4) is 0 Å². The zero-order valence-electron chi connectivity index (χ0n) is 11.4. The van der Waals surface area contributed by atoms with Crippen molar-refractivity contribution in [3.63, 3.8) is 0 Å². The van der Waals surface area contributed by atoms with Gasteiger partial charge in [-0.05, 0) is 6.92 Å². The average Bonchev–Trinajstić information content (AvgIpc) is 2.47. The molecule has 0 aromatic heterocycles. The van der Waals surface area contributed by atoms with Crippen LogP contribution in [0.2, 0.25) is 0 Å². The highest BCUT2D eigenvalue weighted by atomic mass is 16.7. The molecule has 0 saturated carbocycles. The molecule has 0 bridgehead atoms. The van der Waals surface area contributed by atoms with Gasteiger partial charge in [0.2, 0.25) is 0 Å². The molecule has 2 aliphatic rings. The average molecular weight is 274 g/mol. The zero-order valence-corrected chi connectivity index (χ0v) is 11.4. The maximum Gasteiger partial charge on any atom is 0.184 e. The van der Waals surface area contributed by atoms with E-state index in [1.165, 1.54) is 0 Å². The van der Waals surface area contributed by atoms with E-state index in [1.54, 1.807) is 6.92 Å². The summed E-state index contributed by atoms with van der Waals surface area (Å²) in [7, 11) is 0. The normalized spacial score (nSPS) is 32.6. The molecule has 2 aliphatic heterocycles. The molecule has 20 heavy (non-hydrogen) atoms. The van der Waals surface area contributed by atoms with Gasteiger partial charge in [-0.2, -0.15) is 0 Å². The molecule has 2 heterocycles. The largest absolute Gasteiger partial charge is 0.365 e. The molecule has 1 fully saturated rings. The molecule has 106 valence electrons. The third-order valence-electron chi connectivity index (χ3n) is 3.48. The van der Waals surface area contributed by atoms with Gasteiger partial charge in [-0.25, -0.2) is 0 Å². The number of ketones is 1. The Balaban J connectivity index is 1.66. The van der Waals surface area contributed by atoms with Gasteiger partial charge in [0.25, 0.3) is 0 Å². The number of hydrogen-bond donors (Lipinski definition) is 0. The first kappa shape index (κ1) is 13.5. The Labute approximate surface area is 118 Å². The van der Waals surface area contributed by atoms with E-state index in [0.29, 0.717) is 13.0 Å². The maximum atomic E-state index is 11.1. The van der Waals surface area contributed by atoms with Gasteiger partial charge < -0.3 is 14.2 Å². The number of rotatable bonds is 3. The minimum absolute atomic E-state index is 0.114. The van der Waals surface area contributed by atoms with Gasteiger partial charge in [-0.1, -0.05) is 42.5 Å². The van der Waals surface area contributed by atoms with Crippen LogP contribution in [-0.4, -0.2) is 30.7 Å². The number of ether oxygens (including phenoxy) is 3. The molecule has 1 aromatic carbocycles. The zero-order chi connectivity index (χ0) is 13.9. The number of carbonyl (C=O) groups excluding carboxylic acids is 1. The molecule has 4 heteroatoms. The Kier molecular flexibility index (Phi) is 3.96. The Morgan fingerprint density at radius 1 is 1.20 bits per heavy atom. The van der Waals surface area contributed by atoms with Crippen LogP contribution in [-0.2, 0) is 19.0 Å². The summed E-state index contributed by atoms with van der Waals surface area (Å²) in [5, 5.41) is 0. The SMILES string of the molecule is CC(=O)C[C@H]1C=C[C@@H]2O[C@H](c3ccccc3)OC[C@H]2O1. The molecular weight excluding hydrogens is 256 g/mol. The van der Waals surface area contributed by atoms with Gasteiger partial charge in [0, 0.05) is 12.0 Å². The quantitative estimate of drug-likeness (QED) is 0.794. The Morgan fingerprint density at radius 2 is 2.00 bits per heavy atom. The second-order valence-electron chi connectivity index (χ2n) is 5.18. The predicted octanol–water partition coefficient (Wildman–Crippen LogP) is 2.40. The van der Waals surface area contributed by atoms with Crippen molar-refractivity contribution in [1.82, 2.24) is 0 Å². The molecule has 0 amide bonds. The number of Topliss-reactive ketones (excluding diaryl/α,β-unsaturated/α-hetero) is 1. The van der Waals surface area contributed by atoms with E-state index in [4.69, 9.17) is 14.2 Å². The minimum Gasteiger partial charge on any atom is -0.365 e. The molecule has 0 unspecified atom stereocenters. The highest BCUT2D eigenvalue weighted by Gasteiger charge is 2.35. The summed E-state index contributed by atoms with van der Waals surface area (Å²) < 4.78 is 17.5. The number of carbonyl (C=O) groups is 1. The monoisotopic (exact) mass is 274 g/mol. The summed E-state index contributed by atoms with van der Waals surface area (Å²) in [6, 6.07) is 9.85. The van der Waals surface area contributed by atoms with E-state index < -0.39 is 0 Å². The highest BCUT2D eigenvalue weighted by molar-refractivity contribution is 5.76. The standard InChI is InChI=1S/C16H18O4/c1-11(17)9-13-7-8-14-15(19-13)10-18-16(20-14)12-5-3-2-4-6-12/h2-8,13-16H,9-10H2,1H3/t13-,14+,15-,16-/m1/s1. The summed E-state index contributed by atoms with van der Waals surface area (Å²) in [6.07, 6.45) is 3.55. The number of hydrogen-bond acceptors (Lipinski definition) is 4. The highest BCUT2D eigenvalue weighted by Crippen LogP contribution is 2.31. The van der Waals surface area contributed by atoms with Crippen molar-refractivity contribution in [3.05, 3.63) is 48.0 Å². The van der Waals surface area contributed by atoms with E-state index >= 15 is 0 Å². The number of fused-ring (bicyclic) bond motifs is 1. The molecule has 0 radical (unpaired) electrons. The van der Waals surface area contributed by atoms with Crippen LogP contribution in [0, 0.1) is 0 Å². The van der Waals surface area contributed by atoms with Crippen LogP contribution >= 0.6 is 0 Å². The molecule has 4 nitrogen and oxygen atoms in total. The van der Waals surface area contributed by atoms with Gasteiger partial charge in [-0.15, -0.1) is 0 Å². The fraction of sp³-hybridized carbons (Fsp3) is 0.438.